The van der Waals surface area contributed by atoms with Gasteiger partial charge >= 0.3 is 0 Å². The quantitative estimate of drug-likeness (QED) is 0.894. The number of hydrogen-bond acceptors (Lipinski definition) is 6. The molecule has 19 heavy (non-hydrogen) atoms. The number of halogens is 1. The molecule has 0 saturated carbocycles. The first kappa shape index (κ1) is 13.5. The van der Waals surface area contributed by atoms with Gasteiger partial charge in [0.15, 0.2) is 5.82 Å². The zero-order valence-corrected chi connectivity index (χ0v) is 12.3. The molecule has 0 bridgehead atoms. The normalized spacial score (nSPS) is 10.5. The van der Waals surface area contributed by atoms with E-state index in [4.69, 9.17) is 11.5 Å². The van der Waals surface area contributed by atoms with Crippen LogP contribution in [0.3, 0.4) is 0 Å². The fourth-order valence-corrected chi connectivity index (χ4v) is 2.54. The third-order valence-corrected chi connectivity index (χ3v) is 3.24. The first-order chi connectivity index (χ1) is 8.95. The Kier molecular flexibility index (Phi) is 3.84. The topological polar surface area (TPSA) is 94.0 Å². The van der Waals surface area contributed by atoms with E-state index in [2.05, 4.69) is 36.9 Å². The summed E-state index contributed by atoms with van der Waals surface area (Å²) in [6.45, 7) is 2.54. The molecule has 2 rings (SSSR count). The van der Waals surface area contributed by atoms with Crippen molar-refractivity contribution in [3.05, 3.63) is 34.1 Å². The summed E-state index contributed by atoms with van der Waals surface area (Å²) in [6.07, 6.45) is 0. The molecule has 2 aromatic rings. The van der Waals surface area contributed by atoms with E-state index in [1.54, 1.807) is 0 Å². The third kappa shape index (κ3) is 3.31. The van der Waals surface area contributed by atoms with Crippen LogP contribution in [0, 0.1) is 6.92 Å². The highest BCUT2D eigenvalue weighted by Gasteiger charge is 2.09. The summed E-state index contributed by atoms with van der Waals surface area (Å²) >= 11 is 3.55. The number of benzene rings is 1. The number of aryl methyl sites for hydroxylation is 1. The maximum absolute atomic E-state index is 5.55. The number of rotatable bonds is 3. The van der Waals surface area contributed by atoms with Gasteiger partial charge < -0.3 is 16.4 Å². The van der Waals surface area contributed by atoms with Crippen molar-refractivity contribution < 1.29 is 0 Å². The van der Waals surface area contributed by atoms with Gasteiger partial charge in [-0.05, 0) is 40.5 Å². The summed E-state index contributed by atoms with van der Waals surface area (Å²) in [4.78, 5) is 13.9. The first-order valence-electron chi connectivity index (χ1n) is 5.69. The van der Waals surface area contributed by atoms with Crippen LogP contribution < -0.4 is 16.4 Å². The summed E-state index contributed by atoms with van der Waals surface area (Å²) in [6, 6.07) is 6.14. The van der Waals surface area contributed by atoms with Crippen molar-refractivity contribution in [1.29, 1.82) is 0 Å². The van der Waals surface area contributed by atoms with E-state index in [0.717, 1.165) is 10.2 Å². The molecule has 0 spiro atoms. The summed E-state index contributed by atoms with van der Waals surface area (Å²) in [5.74, 6) is 0.817. The third-order valence-electron chi connectivity index (χ3n) is 2.61. The van der Waals surface area contributed by atoms with Crippen molar-refractivity contribution in [2.45, 2.75) is 13.5 Å². The molecule has 6 nitrogen and oxygen atoms in total. The van der Waals surface area contributed by atoms with E-state index >= 15 is 0 Å². The summed E-state index contributed by atoms with van der Waals surface area (Å²) in [7, 11) is 1.95. The van der Waals surface area contributed by atoms with Crippen LogP contribution in [0.2, 0.25) is 0 Å². The molecule has 1 aromatic heterocycles. The van der Waals surface area contributed by atoms with E-state index in [9.17, 15) is 0 Å². The molecular weight excluding hydrogens is 308 g/mol. The number of nitrogen functional groups attached to an aromatic ring is 2. The molecule has 100 valence electrons. The minimum absolute atomic E-state index is 0.138. The molecule has 0 amide bonds. The van der Waals surface area contributed by atoms with Gasteiger partial charge in [-0.15, -0.1) is 0 Å². The van der Waals surface area contributed by atoms with E-state index in [-0.39, 0.29) is 11.9 Å². The Morgan fingerprint density at radius 3 is 2.37 bits per heavy atom. The molecule has 0 fully saturated rings. The zero-order chi connectivity index (χ0) is 14.0. The monoisotopic (exact) mass is 322 g/mol. The van der Waals surface area contributed by atoms with Crippen LogP contribution in [0.4, 0.5) is 17.6 Å². The largest absolute Gasteiger partial charge is 0.368 e. The molecule has 0 atom stereocenters. The molecule has 0 radical (unpaired) electrons. The first-order valence-corrected chi connectivity index (χ1v) is 6.48. The van der Waals surface area contributed by atoms with Crippen LogP contribution in [0.5, 0.6) is 0 Å². The number of nitrogens with two attached hydrogens (primary N) is 2. The maximum atomic E-state index is 5.55. The van der Waals surface area contributed by atoms with E-state index in [1.807, 2.05) is 31.0 Å². The molecule has 0 saturated heterocycles. The standard InChI is InChI=1S/C12H15BrN6/c1-7-3-4-9(8(13)5-7)19(2)6-10-16-11(14)18-12(15)17-10/h3-5H,6H2,1-2H3,(H4,14,15,16,17,18). The molecule has 1 aromatic carbocycles. The van der Waals surface area contributed by atoms with Gasteiger partial charge in [-0.1, -0.05) is 6.07 Å². The fraction of sp³-hybridized carbons (Fsp3) is 0.250. The lowest BCUT2D eigenvalue weighted by Crippen LogP contribution is -2.20. The van der Waals surface area contributed by atoms with Crippen molar-refractivity contribution in [2.75, 3.05) is 23.4 Å². The van der Waals surface area contributed by atoms with E-state index in [0.29, 0.717) is 12.4 Å². The Bertz CT molecular complexity index is 581. The molecule has 0 unspecified atom stereocenters. The number of anilines is 3. The van der Waals surface area contributed by atoms with Crippen molar-refractivity contribution >= 4 is 33.5 Å². The Hall–Kier alpha value is -1.89. The molecule has 0 aliphatic heterocycles. The average Bonchev–Trinajstić information content (AvgIpc) is 2.26. The van der Waals surface area contributed by atoms with Gasteiger partial charge in [0, 0.05) is 11.5 Å². The van der Waals surface area contributed by atoms with Crippen LogP contribution in [0.25, 0.3) is 0 Å². The minimum atomic E-state index is 0.138. The van der Waals surface area contributed by atoms with Crippen LogP contribution in [0.1, 0.15) is 11.4 Å². The van der Waals surface area contributed by atoms with Gasteiger partial charge in [0.25, 0.3) is 0 Å². The van der Waals surface area contributed by atoms with Gasteiger partial charge in [-0.3, -0.25) is 0 Å². The molecule has 1 heterocycles. The molecule has 0 aliphatic rings. The van der Waals surface area contributed by atoms with Crippen LogP contribution >= 0.6 is 15.9 Å². The summed E-state index contributed by atoms with van der Waals surface area (Å²) in [5.41, 5.74) is 13.3. The predicted octanol–water partition coefficient (Wildman–Crippen LogP) is 1.74. The minimum Gasteiger partial charge on any atom is -0.368 e. The lowest BCUT2D eigenvalue weighted by Gasteiger charge is -2.20. The lowest BCUT2D eigenvalue weighted by atomic mass is 10.2. The van der Waals surface area contributed by atoms with Crippen molar-refractivity contribution in [3.8, 4) is 0 Å². The van der Waals surface area contributed by atoms with Gasteiger partial charge in [-0.2, -0.15) is 15.0 Å². The molecule has 7 heteroatoms. The second-order valence-electron chi connectivity index (χ2n) is 4.28. The smallest absolute Gasteiger partial charge is 0.225 e. The van der Waals surface area contributed by atoms with Crippen LogP contribution in [-0.4, -0.2) is 22.0 Å². The summed E-state index contributed by atoms with van der Waals surface area (Å²) in [5, 5.41) is 0. The van der Waals surface area contributed by atoms with Gasteiger partial charge in [0.1, 0.15) is 0 Å². The van der Waals surface area contributed by atoms with Gasteiger partial charge in [0.05, 0.1) is 12.2 Å². The number of aromatic nitrogens is 3. The molecule has 0 aliphatic carbocycles. The second-order valence-corrected chi connectivity index (χ2v) is 5.13. The maximum Gasteiger partial charge on any atom is 0.225 e. The highest BCUT2D eigenvalue weighted by Crippen LogP contribution is 2.27. The summed E-state index contributed by atoms with van der Waals surface area (Å²) < 4.78 is 1.02. The van der Waals surface area contributed by atoms with Crippen molar-refractivity contribution in [3.63, 3.8) is 0 Å². The molecule has 4 N–H and O–H groups in total. The Labute approximate surface area is 120 Å². The molecular formula is C12H15BrN6. The predicted molar refractivity (Wildman–Crippen MR) is 79.6 cm³/mol. The SMILES string of the molecule is Cc1ccc(N(C)Cc2nc(N)nc(N)n2)c(Br)c1. The Morgan fingerprint density at radius 2 is 1.79 bits per heavy atom. The number of hydrogen-bond donors (Lipinski definition) is 2. The Morgan fingerprint density at radius 1 is 1.16 bits per heavy atom. The zero-order valence-electron chi connectivity index (χ0n) is 10.8. The van der Waals surface area contributed by atoms with Gasteiger partial charge in [-0.25, -0.2) is 0 Å². The second kappa shape index (κ2) is 5.40. The fourth-order valence-electron chi connectivity index (χ4n) is 1.75. The van der Waals surface area contributed by atoms with Crippen LogP contribution in [0.15, 0.2) is 22.7 Å². The van der Waals surface area contributed by atoms with Crippen molar-refractivity contribution in [1.82, 2.24) is 15.0 Å². The van der Waals surface area contributed by atoms with Crippen molar-refractivity contribution in [2.24, 2.45) is 0 Å². The lowest BCUT2D eigenvalue weighted by molar-refractivity contribution is 0.828. The average molecular weight is 323 g/mol. The van der Waals surface area contributed by atoms with E-state index < -0.39 is 0 Å². The number of nitrogens with zero attached hydrogens (tertiary/aromatic N) is 4. The van der Waals surface area contributed by atoms with Gasteiger partial charge in [0.2, 0.25) is 11.9 Å². The highest BCUT2D eigenvalue weighted by atomic mass is 79.9. The Balaban J connectivity index is 2.22. The highest BCUT2D eigenvalue weighted by molar-refractivity contribution is 9.10. The van der Waals surface area contributed by atoms with E-state index in [1.165, 1.54) is 5.56 Å². The van der Waals surface area contributed by atoms with Crippen LogP contribution in [-0.2, 0) is 6.54 Å².